The molecule has 0 fully saturated rings. The van der Waals surface area contributed by atoms with Crippen molar-refractivity contribution in [2.24, 2.45) is 5.92 Å². The molecule has 0 aliphatic rings. The zero-order valence-electron chi connectivity index (χ0n) is 14.7. The maximum Gasteiger partial charge on any atom is 0.336 e. The summed E-state index contributed by atoms with van der Waals surface area (Å²) >= 11 is 0. The monoisotopic (exact) mass is 350 g/mol. The predicted molar refractivity (Wildman–Crippen MR) is 93.6 cm³/mol. The average molecular weight is 350 g/mol. The molecule has 0 spiro atoms. The van der Waals surface area contributed by atoms with Crippen LogP contribution >= 0.6 is 0 Å². The first-order valence-corrected chi connectivity index (χ1v) is 8.61. The highest BCUT2D eigenvalue weighted by atomic mass is 16.4. The van der Waals surface area contributed by atoms with Crippen molar-refractivity contribution in [1.29, 1.82) is 0 Å². The minimum absolute atomic E-state index is 0.0991. The molecule has 1 aromatic carbocycles. The molecule has 0 unspecified atom stereocenters. The van der Waals surface area contributed by atoms with Crippen molar-refractivity contribution in [2.45, 2.75) is 58.8 Å². The Kier molecular flexibility index (Phi) is 8.11. The number of rotatable bonds is 11. The molecule has 0 aliphatic heterocycles. The van der Waals surface area contributed by atoms with Gasteiger partial charge in [-0.2, -0.15) is 0 Å². The van der Waals surface area contributed by atoms with Gasteiger partial charge in [-0.25, -0.2) is 14.4 Å². The van der Waals surface area contributed by atoms with E-state index < -0.39 is 23.5 Å². The van der Waals surface area contributed by atoms with E-state index in [0.717, 1.165) is 31.7 Å². The first kappa shape index (κ1) is 20.7. The van der Waals surface area contributed by atoms with Crippen LogP contribution in [0.3, 0.4) is 0 Å². The van der Waals surface area contributed by atoms with Crippen molar-refractivity contribution in [3.8, 4) is 0 Å². The quantitative estimate of drug-likeness (QED) is 0.512. The Morgan fingerprint density at radius 2 is 1.32 bits per heavy atom. The number of carboxylic acids is 3. The molecule has 25 heavy (non-hydrogen) atoms. The molecule has 0 saturated heterocycles. The third kappa shape index (κ3) is 6.21. The zero-order chi connectivity index (χ0) is 19.0. The predicted octanol–water partition coefficient (Wildman–Crippen LogP) is 4.32. The molecular weight excluding hydrogens is 324 g/mol. The SMILES string of the molecule is CC(C)CCCCCCCc1c(C(=O)O)ccc(C(=O)O)c1C(=O)O. The van der Waals surface area contributed by atoms with Crippen LogP contribution in [-0.2, 0) is 6.42 Å². The van der Waals surface area contributed by atoms with Gasteiger partial charge in [0.15, 0.2) is 0 Å². The summed E-state index contributed by atoms with van der Waals surface area (Å²) in [7, 11) is 0. The molecule has 6 heteroatoms. The Morgan fingerprint density at radius 1 is 0.800 bits per heavy atom. The Labute approximate surface area is 147 Å². The summed E-state index contributed by atoms with van der Waals surface area (Å²) in [5.74, 6) is -3.35. The van der Waals surface area contributed by atoms with E-state index in [1.54, 1.807) is 0 Å². The molecule has 1 rings (SSSR count). The second-order valence-electron chi connectivity index (χ2n) is 6.63. The first-order chi connectivity index (χ1) is 11.8. The lowest BCUT2D eigenvalue weighted by Gasteiger charge is -2.12. The smallest absolute Gasteiger partial charge is 0.336 e. The normalized spacial score (nSPS) is 10.8. The van der Waals surface area contributed by atoms with Gasteiger partial charge in [0.1, 0.15) is 0 Å². The van der Waals surface area contributed by atoms with Crippen molar-refractivity contribution >= 4 is 17.9 Å². The Morgan fingerprint density at radius 3 is 1.84 bits per heavy atom. The summed E-state index contributed by atoms with van der Waals surface area (Å²) in [6.07, 6.45) is 6.13. The fourth-order valence-electron chi connectivity index (χ4n) is 2.92. The highest BCUT2D eigenvalue weighted by Crippen LogP contribution is 2.23. The van der Waals surface area contributed by atoms with Gasteiger partial charge in [0.05, 0.1) is 16.7 Å². The van der Waals surface area contributed by atoms with E-state index in [4.69, 9.17) is 0 Å². The maximum absolute atomic E-state index is 11.5. The Hall–Kier alpha value is -2.37. The van der Waals surface area contributed by atoms with Gasteiger partial charge in [-0.1, -0.05) is 46.0 Å². The molecule has 6 nitrogen and oxygen atoms in total. The number of benzene rings is 1. The van der Waals surface area contributed by atoms with Crippen LogP contribution in [0.2, 0.25) is 0 Å². The van der Waals surface area contributed by atoms with E-state index in [1.807, 2.05) is 0 Å². The highest BCUT2D eigenvalue weighted by Gasteiger charge is 2.24. The number of hydrogen-bond donors (Lipinski definition) is 3. The van der Waals surface area contributed by atoms with Crippen LogP contribution < -0.4 is 0 Å². The molecule has 0 amide bonds. The lowest BCUT2D eigenvalue weighted by Crippen LogP contribution is -2.16. The van der Waals surface area contributed by atoms with Gasteiger partial charge in [-0.3, -0.25) is 0 Å². The molecule has 3 N–H and O–H groups in total. The third-order valence-electron chi connectivity index (χ3n) is 4.20. The van der Waals surface area contributed by atoms with Crippen LogP contribution in [0.25, 0.3) is 0 Å². The molecule has 0 radical (unpaired) electrons. The summed E-state index contributed by atoms with van der Waals surface area (Å²) in [5, 5.41) is 27.8. The van der Waals surface area contributed by atoms with E-state index in [-0.39, 0.29) is 23.1 Å². The van der Waals surface area contributed by atoms with Crippen molar-refractivity contribution in [2.75, 3.05) is 0 Å². The van der Waals surface area contributed by atoms with Crippen LogP contribution in [0.4, 0.5) is 0 Å². The largest absolute Gasteiger partial charge is 0.478 e. The highest BCUT2D eigenvalue weighted by molar-refractivity contribution is 6.05. The lowest BCUT2D eigenvalue weighted by molar-refractivity contribution is 0.0647. The van der Waals surface area contributed by atoms with Crippen LogP contribution in [0.5, 0.6) is 0 Å². The number of aromatic carboxylic acids is 3. The Bertz CT molecular complexity index is 633. The number of carboxylic acid groups (broad SMARTS) is 3. The second-order valence-corrected chi connectivity index (χ2v) is 6.63. The van der Waals surface area contributed by atoms with Crippen LogP contribution in [-0.4, -0.2) is 33.2 Å². The van der Waals surface area contributed by atoms with Gasteiger partial charge in [0.25, 0.3) is 0 Å². The van der Waals surface area contributed by atoms with Gasteiger partial charge < -0.3 is 15.3 Å². The fraction of sp³-hybridized carbons (Fsp3) is 0.526. The summed E-state index contributed by atoms with van der Waals surface area (Å²) in [4.78, 5) is 34.1. The van der Waals surface area contributed by atoms with Gasteiger partial charge in [-0.05, 0) is 36.5 Å². The van der Waals surface area contributed by atoms with E-state index in [0.29, 0.717) is 12.3 Å². The molecule has 0 heterocycles. The second kappa shape index (κ2) is 9.81. The summed E-state index contributed by atoms with van der Waals surface area (Å²) in [6.45, 7) is 4.35. The minimum atomic E-state index is -1.41. The molecule has 0 aliphatic carbocycles. The minimum Gasteiger partial charge on any atom is -0.478 e. The Balaban J connectivity index is 2.85. The third-order valence-corrected chi connectivity index (χ3v) is 4.20. The van der Waals surface area contributed by atoms with E-state index in [9.17, 15) is 29.7 Å². The molecule has 0 saturated carbocycles. The van der Waals surface area contributed by atoms with Gasteiger partial charge in [-0.15, -0.1) is 0 Å². The topological polar surface area (TPSA) is 112 Å². The average Bonchev–Trinajstić information content (AvgIpc) is 2.52. The first-order valence-electron chi connectivity index (χ1n) is 8.61. The van der Waals surface area contributed by atoms with E-state index in [1.165, 1.54) is 12.5 Å². The van der Waals surface area contributed by atoms with Crippen molar-refractivity contribution < 1.29 is 29.7 Å². The van der Waals surface area contributed by atoms with Crippen LogP contribution in [0.15, 0.2) is 12.1 Å². The van der Waals surface area contributed by atoms with Crippen molar-refractivity contribution in [3.63, 3.8) is 0 Å². The fourth-order valence-corrected chi connectivity index (χ4v) is 2.92. The summed E-state index contributed by atoms with van der Waals surface area (Å²) < 4.78 is 0. The van der Waals surface area contributed by atoms with E-state index in [2.05, 4.69) is 13.8 Å². The van der Waals surface area contributed by atoms with E-state index >= 15 is 0 Å². The molecular formula is C19H26O6. The van der Waals surface area contributed by atoms with Gasteiger partial charge in [0.2, 0.25) is 0 Å². The van der Waals surface area contributed by atoms with Crippen LogP contribution in [0, 0.1) is 5.92 Å². The van der Waals surface area contributed by atoms with Gasteiger partial charge >= 0.3 is 17.9 Å². The summed E-state index contributed by atoms with van der Waals surface area (Å²) in [6, 6.07) is 2.22. The number of unbranched alkanes of at least 4 members (excludes halogenated alkanes) is 4. The molecule has 1 aromatic rings. The standard InChI is InChI=1S/C19H26O6/c1-12(2)8-6-4-3-5-7-9-13-14(17(20)21)10-11-15(18(22)23)16(13)19(24)25/h10-12H,3-9H2,1-2H3,(H,20,21)(H,22,23)(H,24,25). The number of carbonyl (C=O) groups is 3. The van der Waals surface area contributed by atoms with Gasteiger partial charge in [0, 0.05) is 0 Å². The lowest BCUT2D eigenvalue weighted by atomic mass is 9.91. The van der Waals surface area contributed by atoms with Crippen molar-refractivity contribution in [1.82, 2.24) is 0 Å². The molecule has 0 bridgehead atoms. The van der Waals surface area contributed by atoms with Crippen molar-refractivity contribution in [3.05, 3.63) is 34.4 Å². The van der Waals surface area contributed by atoms with Crippen LogP contribution in [0.1, 0.15) is 89.0 Å². The molecule has 138 valence electrons. The zero-order valence-corrected chi connectivity index (χ0v) is 14.7. The summed E-state index contributed by atoms with van der Waals surface area (Å²) in [5.41, 5.74) is -0.819. The maximum atomic E-state index is 11.5. The number of hydrogen-bond acceptors (Lipinski definition) is 3. The molecule has 0 aromatic heterocycles. The molecule has 0 atom stereocenters.